The number of nitrogens with one attached hydrogen (secondary N) is 1. The van der Waals surface area contributed by atoms with E-state index in [1.54, 1.807) is 6.20 Å². The zero-order chi connectivity index (χ0) is 14.2. The Bertz CT molecular complexity index is 542. The van der Waals surface area contributed by atoms with Gasteiger partial charge in [-0.25, -0.2) is 4.98 Å². The summed E-state index contributed by atoms with van der Waals surface area (Å²) in [5.41, 5.74) is 1.19. The molecule has 0 saturated carbocycles. The number of hydrogen-bond donors (Lipinski definition) is 1. The molecule has 0 spiro atoms. The second-order valence-corrected chi connectivity index (χ2v) is 4.49. The number of nitriles is 1. The van der Waals surface area contributed by atoms with E-state index >= 15 is 0 Å². The van der Waals surface area contributed by atoms with Crippen molar-refractivity contribution in [3.63, 3.8) is 0 Å². The maximum atomic E-state index is 8.45. The van der Waals surface area contributed by atoms with Gasteiger partial charge in [0.25, 0.3) is 0 Å². The summed E-state index contributed by atoms with van der Waals surface area (Å²) in [6.45, 7) is 3.98. The fourth-order valence-corrected chi connectivity index (χ4v) is 1.92. The summed E-state index contributed by atoms with van der Waals surface area (Å²) in [7, 11) is 0. The summed E-state index contributed by atoms with van der Waals surface area (Å²) in [6, 6.07) is 10.0. The van der Waals surface area contributed by atoms with E-state index in [0.29, 0.717) is 0 Å². The lowest BCUT2D eigenvalue weighted by molar-refractivity contribution is 0.368. The third kappa shape index (κ3) is 4.11. The Morgan fingerprint density at radius 2 is 2.20 bits per heavy atom. The summed E-state index contributed by atoms with van der Waals surface area (Å²) < 4.78 is 7.27. The van der Waals surface area contributed by atoms with Crippen LogP contribution in [0.3, 0.4) is 0 Å². The highest BCUT2D eigenvalue weighted by Crippen LogP contribution is 2.17. The number of nitrogens with zero attached hydrogens (tertiary/aromatic N) is 3. The van der Waals surface area contributed by atoms with Crippen LogP contribution in [-0.2, 0) is 6.54 Å². The lowest BCUT2D eigenvalue weighted by atomic mass is 10.1. The molecule has 0 radical (unpaired) electrons. The van der Waals surface area contributed by atoms with Crippen LogP contribution in [-0.4, -0.2) is 22.7 Å². The van der Waals surface area contributed by atoms with Crippen LogP contribution in [0.25, 0.3) is 0 Å². The van der Waals surface area contributed by atoms with Crippen molar-refractivity contribution < 1.29 is 4.74 Å². The van der Waals surface area contributed by atoms with E-state index in [-0.39, 0.29) is 12.6 Å². The number of aromatic nitrogens is 2. The first-order valence-corrected chi connectivity index (χ1v) is 6.58. The Balaban J connectivity index is 1.79. The smallest absolute Gasteiger partial charge is 0.174 e. The van der Waals surface area contributed by atoms with Gasteiger partial charge in [0.05, 0.1) is 6.33 Å². The maximum absolute atomic E-state index is 8.45. The second kappa shape index (κ2) is 7.31. The molecule has 1 N–H and O–H groups in total. The molecule has 0 saturated heterocycles. The first-order chi connectivity index (χ1) is 9.79. The van der Waals surface area contributed by atoms with E-state index in [9.17, 15) is 0 Å². The number of ether oxygens (including phenoxy) is 1. The predicted octanol–water partition coefficient (Wildman–Crippen LogP) is 2.14. The van der Waals surface area contributed by atoms with Crippen LogP contribution < -0.4 is 10.1 Å². The molecule has 5 nitrogen and oxygen atoms in total. The van der Waals surface area contributed by atoms with E-state index in [2.05, 4.69) is 17.2 Å². The van der Waals surface area contributed by atoms with Crippen LogP contribution in [0.1, 0.15) is 18.5 Å². The van der Waals surface area contributed by atoms with Crippen molar-refractivity contribution in [2.24, 2.45) is 0 Å². The summed E-state index contributed by atoms with van der Waals surface area (Å²) >= 11 is 0. The van der Waals surface area contributed by atoms with Gasteiger partial charge in [0.15, 0.2) is 6.61 Å². The third-order valence-electron chi connectivity index (χ3n) is 3.06. The number of rotatable bonds is 7. The van der Waals surface area contributed by atoms with Crippen molar-refractivity contribution in [2.75, 3.05) is 13.2 Å². The van der Waals surface area contributed by atoms with Crippen LogP contribution >= 0.6 is 0 Å². The van der Waals surface area contributed by atoms with Gasteiger partial charge in [-0.1, -0.05) is 12.1 Å². The van der Waals surface area contributed by atoms with E-state index in [0.717, 1.165) is 18.8 Å². The number of benzene rings is 1. The Morgan fingerprint density at radius 3 is 2.85 bits per heavy atom. The molecule has 0 fully saturated rings. The zero-order valence-corrected chi connectivity index (χ0v) is 11.5. The summed E-state index contributed by atoms with van der Waals surface area (Å²) in [5.74, 6) is 0.723. The standard InChI is InChI=1S/C15H18N4O/c1-13(18-8-10-19-9-7-17-12-19)14-2-4-15(5-3-14)20-11-6-16/h2-5,7,9,12-13,18H,8,10-11H2,1H3. The summed E-state index contributed by atoms with van der Waals surface area (Å²) in [5, 5.41) is 11.9. The Kier molecular flexibility index (Phi) is 5.15. The molecule has 2 rings (SSSR count). The van der Waals surface area contributed by atoms with Crippen molar-refractivity contribution >= 4 is 0 Å². The SMILES string of the molecule is CC(NCCn1ccnc1)c1ccc(OCC#N)cc1. The van der Waals surface area contributed by atoms with Crippen LogP contribution in [0.4, 0.5) is 0 Å². The highest BCUT2D eigenvalue weighted by Gasteiger charge is 2.04. The largest absolute Gasteiger partial charge is 0.479 e. The molecule has 0 bridgehead atoms. The molecular formula is C15H18N4O. The van der Waals surface area contributed by atoms with Crippen molar-refractivity contribution in [2.45, 2.75) is 19.5 Å². The Morgan fingerprint density at radius 1 is 1.40 bits per heavy atom. The zero-order valence-electron chi connectivity index (χ0n) is 11.5. The molecule has 1 atom stereocenters. The van der Waals surface area contributed by atoms with Crippen molar-refractivity contribution in [1.29, 1.82) is 5.26 Å². The quantitative estimate of drug-likeness (QED) is 0.837. The van der Waals surface area contributed by atoms with Gasteiger partial charge in [0.1, 0.15) is 11.8 Å². The van der Waals surface area contributed by atoms with Crippen LogP contribution in [0.5, 0.6) is 5.75 Å². The summed E-state index contributed by atoms with van der Waals surface area (Å²) in [6.07, 6.45) is 5.55. The van der Waals surface area contributed by atoms with Gasteiger partial charge in [-0.3, -0.25) is 0 Å². The first-order valence-electron chi connectivity index (χ1n) is 6.58. The van der Waals surface area contributed by atoms with Gasteiger partial charge in [0.2, 0.25) is 0 Å². The molecule has 0 aliphatic heterocycles. The Labute approximate surface area is 118 Å². The van der Waals surface area contributed by atoms with Crippen molar-refractivity contribution in [3.05, 3.63) is 48.5 Å². The minimum atomic E-state index is 0.0814. The highest BCUT2D eigenvalue weighted by atomic mass is 16.5. The molecule has 1 unspecified atom stereocenters. The molecule has 0 amide bonds. The molecule has 104 valence electrons. The molecule has 20 heavy (non-hydrogen) atoms. The molecule has 0 aliphatic rings. The molecular weight excluding hydrogens is 252 g/mol. The number of hydrogen-bond acceptors (Lipinski definition) is 4. The predicted molar refractivity (Wildman–Crippen MR) is 76.2 cm³/mol. The minimum Gasteiger partial charge on any atom is -0.479 e. The van der Waals surface area contributed by atoms with Gasteiger partial charge < -0.3 is 14.6 Å². The monoisotopic (exact) mass is 270 g/mol. The van der Waals surface area contributed by atoms with E-state index in [1.165, 1.54) is 5.56 Å². The van der Waals surface area contributed by atoms with Crippen molar-refractivity contribution in [1.82, 2.24) is 14.9 Å². The molecule has 1 aromatic heterocycles. The van der Waals surface area contributed by atoms with E-state index in [1.807, 2.05) is 47.4 Å². The molecule has 1 aromatic carbocycles. The van der Waals surface area contributed by atoms with Gasteiger partial charge in [0, 0.05) is 31.5 Å². The van der Waals surface area contributed by atoms with Gasteiger partial charge in [-0.2, -0.15) is 5.26 Å². The van der Waals surface area contributed by atoms with Gasteiger partial charge in [-0.05, 0) is 24.6 Å². The lowest BCUT2D eigenvalue weighted by Crippen LogP contribution is -2.22. The van der Waals surface area contributed by atoms with Crippen LogP contribution in [0.2, 0.25) is 0 Å². The first kappa shape index (κ1) is 14.1. The highest BCUT2D eigenvalue weighted by molar-refractivity contribution is 5.29. The average molecular weight is 270 g/mol. The van der Waals surface area contributed by atoms with Crippen LogP contribution in [0.15, 0.2) is 43.0 Å². The van der Waals surface area contributed by atoms with E-state index in [4.69, 9.17) is 10.00 Å². The molecule has 0 aliphatic carbocycles. The van der Waals surface area contributed by atoms with Gasteiger partial charge in [-0.15, -0.1) is 0 Å². The fourth-order valence-electron chi connectivity index (χ4n) is 1.92. The second-order valence-electron chi connectivity index (χ2n) is 4.49. The minimum absolute atomic E-state index is 0.0814. The van der Waals surface area contributed by atoms with Gasteiger partial charge >= 0.3 is 0 Å². The molecule has 1 heterocycles. The van der Waals surface area contributed by atoms with E-state index < -0.39 is 0 Å². The number of imidazole rings is 1. The van der Waals surface area contributed by atoms with Crippen molar-refractivity contribution in [3.8, 4) is 11.8 Å². The normalized spacial score (nSPS) is 11.8. The summed E-state index contributed by atoms with van der Waals surface area (Å²) in [4.78, 5) is 4.01. The average Bonchev–Trinajstić information content (AvgIpc) is 2.99. The fraction of sp³-hybridized carbons (Fsp3) is 0.333. The molecule has 5 heteroatoms. The van der Waals surface area contributed by atoms with Crippen LogP contribution in [0, 0.1) is 11.3 Å². The lowest BCUT2D eigenvalue weighted by Gasteiger charge is -2.15. The molecule has 2 aromatic rings. The maximum Gasteiger partial charge on any atom is 0.174 e. The Hall–Kier alpha value is -2.32. The third-order valence-corrected chi connectivity index (χ3v) is 3.06. The topological polar surface area (TPSA) is 62.9 Å².